The van der Waals surface area contributed by atoms with Gasteiger partial charge in [0.25, 0.3) is 0 Å². The SMILES string of the molecule is C=C[Si](C)(C)c1ccc(C(=O)OO[CH]COCCC)cc1. The van der Waals surface area contributed by atoms with Gasteiger partial charge >= 0.3 is 5.97 Å². The first-order valence-corrected chi connectivity index (χ1v) is 10.1. The Kier molecular flexibility index (Phi) is 7.35. The van der Waals surface area contributed by atoms with Gasteiger partial charge in [-0.15, -0.1) is 6.58 Å². The Balaban J connectivity index is 2.43. The predicted octanol–water partition coefficient (Wildman–Crippen LogP) is 3.00. The Morgan fingerprint density at radius 3 is 2.52 bits per heavy atom. The van der Waals surface area contributed by atoms with Gasteiger partial charge in [-0.05, 0) is 18.6 Å². The molecule has 0 saturated carbocycles. The van der Waals surface area contributed by atoms with E-state index in [2.05, 4.69) is 24.6 Å². The van der Waals surface area contributed by atoms with Crippen LogP contribution in [0.15, 0.2) is 36.5 Å². The molecule has 0 bridgehead atoms. The Bertz CT molecular complexity index is 454. The highest BCUT2D eigenvalue weighted by Gasteiger charge is 2.19. The molecule has 21 heavy (non-hydrogen) atoms. The molecule has 0 N–H and O–H groups in total. The van der Waals surface area contributed by atoms with Crippen LogP contribution in [0.5, 0.6) is 0 Å². The van der Waals surface area contributed by atoms with Crippen molar-refractivity contribution in [2.75, 3.05) is 13.2 Å². The fourth-order valence-corrected chi connectivity index (χ4v) is 2.84. The van der Waals surface area contributed by atoms with Crippen LogP contribution in [0.1, 0.15) is 23.7 Å². The van der Waals surface area contributed by atoms with Crippen molar-refractivity contribution in [2.24, 2.45) is 0 Å². The van der Waals surface area contributed by atoms with Gasteiger partial charge in [-0.2, -0.15) is 4.89 Å². The first-order chi connectivity index (χ1) is 10.0. The summed E-state index contributed by atoms with van der Waals surface area (Å²) in [6.07, 6.45) is 0.935. The van der Waals surface area contributed by atoms with Crippen LogP contribution < -0.4 is 5.19 Å². The number of ether oxygens (including phenoxy) is 1. The first kappa shape index (κ1) is 17.6. The lowest BCUT2D eigenvalue weighted by molar-refractivity contribution is -0.218. The number of hydrogen-bond donors (Lipinski definition) is 0. The molecule has 5 heteroatoms. The zero-order valence-electron chi connectivity index (χ0n) is 12.9. The van der Waals surface area contributed by atoms with Crippen molar-refractivity contribution < 1.29 is 19.3 Å². The first-order valence-electron chi connectivity index (χ1n) is 7.02. The average molecular weight is 307 g/mol. The third-order valence-electron chi connectivity index (χ3n) is 3.10. The third kappa shape index (κ3) is 5.83. The molecule has 0 heterocycles. The van der Waals surface area contributed by atoms with E-state index in [-0.39, 0.29) is 0 Å². The molecule has 4 nitrogen and oxygen atoms in total. The van der Waals surface area contributed by atoms with E-state index in [1.165, 1.54) is 11.8 Å². The molecule has 0 aliphatic heterocycles. The largest absolute Gasteiger partial charge is 0.378 e. The van der Waals surface area contributed by atoms with Gasteiger partial charge in [0.05, 0.1) is 12.2 Å². The molecule has 1 radical (unpaired) electrons. The summed E-state index contributed by atoms with van der Waals surface area (Å²) in [6, 6.07) is 7.37. The van der Waals surface area contributed by atoms with Crippen molar-refractivity contribution in [3.8, 4) is 0 Å². The standard InChI is InChI=1S/C16H23O4Si/c1-5-11-18-12-13-19-20-16(17)14-7-9-15(10-8-14)21(3,4)6-2/h6-10,13H,2,5,11-12H2,1,3-4H3. The van der Waals surface area contributed by atoms with Gasteiger partial charge < -0.3 is 4.74 Å². The van der Waals surface area contributed by atoms with Crippen molar-refractivity contribution in [1.29, 1.82) is 0 Å². The molecule has 0 aliphatic rings. The average Bonchev–Trinajstić information content (AvgIpc) is 2.50. The number of carbonyl (C=O) groups is 1. The Morgan fingerprint density at radius 2 is 1.95 bits per heavy atom. The molecule has 1 aromatic carbocycles. The second-order valence-corrected chi connectivity index (χ2v) is 9.64. The van der Waals surface area contributed by atoms with Crippen LogP contribution in [0.25, 0.3) is 0 Å². The number of carbonyl (C=O) groups excluding carboxylic acids is 1. The fraction of sp³-hybridized carbons (Fsp3) is 0.375. The summed E-state index contributed by atoms with van der Waals surface area (Å²) in [6.45, 7) is 12.5. The summed E-state index contributed by atoms with van der Waals surface area (Å²) in [7, 11) is -1.60. The van der Waals surface area contributed by atoms with E-state index in [0.717, 1.165) is 6.42 Å². The third-order valence-corrected chi connectivity index (χ3v) is 5.94. The normalized spacial score (nSPS) is 11.2. The van der Waals surface area contributed by atoms with Crippen molar-refractivity contribution in [2.45, 2.75) is 26.4 Å². The summed E-state index contributed by atoms with van der Waals surface area (Å²) in [5, 5.41) is 1.22. The van der Waals surface area contributed by atoms with Gasteiger partial charge in [-0.25, -0.2) is 4.79 Å². The molecule has 0 fully saturated rings. The molecule has 0 aromatic heterocycles. The zero-order chi connectivity index (χ0) is 15.7. The van der Waals surface area contributed by atoms with Crippen LogP contribution >= 0.6 is 0 Å². The minimum absolute atomic E-state index is 0.291. The van der Waals surface area contributed by atoms with E-state index in [1.54, 1.807) is 12.1 Å². The van der Waals surface area contributed by atoms with Gasteiger partial charge in [0, 0.05) is 6.61 Å². The summed E-state index contributed by atoms with van der Waals surface area (Å²) in [5.41, 5.74) is 2.46. The summed E-state index contributed by atoms with van der Waals surface area (Å²) < 4.78 is 5.16. The number of benzene rings is 1. The van der Waals surface area contributed by atoms with E-state index < -0.39 is 14.0 Å². The molecule has 115 valence electrons. The van der Waals surface area contributed by atoms with E-state index >= 15 is 0 Å². The lowest BCUT2D eigenvalue weighted by atomic mass is 10.2. The van der Waals surface area contributed by atoms with E-state index in [4.69, 9.17) is 9.62 Å². The van der Waals surface area contributed by atoms with E-state index in [9.17, 15) is 4.79 Å². The monoisotopic (exact) mass is 307 g/mol. The molecule has 1 rings (SSSR count). The van der Waals surface area contributed by atoms with Gasteiger partial charge in [-0.1, -0.05) is 43.0 Å². The minimum atomic E-state index is -1.60. The van der Waals surface area contributed by atoms with Crippen LogP contribution in [0.4, 0.5) is 0 Å². The highest BCUT2D eigenvalue weighted by molar-refractivity contribution is 6.93. The molecule has 0 amide bonds. The van der Waals surface area contributed by atoms with Crippen LogP contribution in [-0.4, -0.2) is 27.3 Å². The van der Waals surface area contributed by atoms with Gasteiger partial charge in [-0.3, -0.25) is 4.89 Å². The second kappa shape index (κ2) is 8.77. The second-order valence-electron chi connectivity index (χ2n) is 5.21. The molecule has 0 saturated heterocycles. The summed E-state index contributed by atoms with van der Waals surface area (Å²) in [5.74, 6) is -0.522. The van der Waals surface area contributed by atoms with Crippen LogP contribution in [0, 0.1) is 6.61 Å². The maximum absolute atomic E-state index is 11.7. The molecule has 0 atom stereocenters. The highest BCUT2D eigenvalue weighted by atomic mass is 28.3. The molecule has 0 unspecified atom stereocenters. The van der Waals surface area contributed by atoms with Crippen molar-refractivity contribution in [3.05, 3.63) is 48.7 Å². The maximum atomic E-state index is 11.7. The van der Waals surface area contributed by atoms with Crippen molar-refractivity contribution >= 4 is 19.2 Å². The molecular formula is C16H23O4Si. The van der Waals surface area contributed by atoms with Gasteiger partial charge in [0.15, 0.2) is 6.61 Å². The Morgan fingerprint density at radius 1 is 1.29 bits per heavy atom. The highest BCUT2D eigenvalue weighted by Crippen LogP contribution is 2.07. The molecular weight excluding hydrogens is 284 g/mol. The number of hydrogen-bond acceptors (Lipinski definition) is 4. The number of rotatable bonds is 9. The van der Waals surface area contributed by atoms with Gasteiger partial charge in [0.2, 0.25) is 0 Å². The summed E-state index contributed by atoms with van der Waals surface area (Å²) >= 11 is 0. The zero-order valence-corrected chi connectivity index (χ0v) is 13.9. The fourth-order valence-electron chi connectivity index (χ4n) is 1.58. The van der Waals surface area contributed by atoms with E-state index in [0.29, 0.717) is 18.8 Å². The Labute approximate surface area is 127 Å². The summed E-state index contributed by atoms with van der Waals surface area (Å²) in [4.78, 5) is 21.1. The van der Waals surface area contributed by atoms with Crippen LogP contribution in [0.2, 0.25) is 13.1 Å². The van der Waals surface area contributed by atoms with E-state index in [1.807, 2.05) is 24.8 Å². The topological polar surface area (TPSA) is 44.8 Å². The quantitative estimate of drug-likeness (QED) is 0.304. The predicted molar refractivity (Wildman–Crippen MR) is 85.7 cm³/mol. The van der Waals surface area contributed by atoms with Crippen LogP contribution in [-0.2, 0) is 14.5 Å². The van der Waals surface area contributed by atoms with Crippen LogP contribution in [0.3, 0.4) is 0 Å². The molecule has 0 spiro atoms. The Hall–Kier alpha value is -1.43. The molecule has 0 aliphatic carbocycles. The van der Waals surface area contributed by atoms with Crippen molar-refractivity contribution in [1.82, 2.24) is 0 Å². The maximum Gasteiger partial charge on any atom is 0.373 e. The lowest BCUT2D eigenvalue weighted by Gasteiger charge is -2.17. The lowest BCUT2D eigenvalue weighted by Crippen LogP contribution is -2.39. The molecule has 1 aromatic rings. The minimum Gasteiger partial charge on any atom is -0.378 e. The van der Waals surface area contributed by atoms with Gasteiger partial charge in [0.1, 0.15) is 8.07 Å². The smallest absolute Gasteiger partial charge is 0.373 e. The van der Waals surface area contributed by atoms with Crippen molar-refractivity contribution in [3.63, 3.8) is 0 Å².